The van der Waals surface area contributed by atoms with E-state index < -0.39 is 5.97 Å². The first-order valence-electron chi connectivity index (χ1n) is 6.40. The molecule has 1 aromatic rings. The Bertz CT molecular complexity index is 537. The highest BCUT2D eigenvalue weighted by Gasteiger charge is 2.29. The number of nitrogens with one attached hydrogen (secondary N) is 1. The Morgan fingerprint density at radius 2 is 2.15 bits per heavy atom. The summed E-state index contributed by atoms with van der Waals surface area (Å²) in [6, 6.07) is 0. The minimum Gasteiger partial charge on any atom is -0.477 e. The molecule has 7 nitrogen and oxygen atoms in total. The zero-order chi connectivity index (χ0) is 14.9. The van der Waals surface area contributed by atoms with E-state index in [0.717, 1.165) is 0 Å². The number of aromatic nitrogens is 1. The van der Waals surface area contributed by atoms with E-state index in [1.165, 1.54) is 0 Å². The molecule has 1 unspecified atom stereocenters. The highest BCUT2D eigenvalue weighted by Crippen LogP contribution is 2.21. The number of ether oxygens (including phenoxy) is 1. The molecule has 0 aromatic carbocycles. The maximum Gasteiger partial charge on any atom is 0.352 e. The van der Waals surface area contributed by atoms with Gasteiger partial charge in [0.25, 0.3) is 5.91 Å². The average molecular weight is 282 g/mol. The number of nitrogens with zero attached hydrogens (tertiary/aromatic N) is 1. The third-order valence-electron chi connectivity index (χ3n) is 3.49. The van der Waals surface area contributed by atoms with E-state index in [1.54, 1.807) is 18.7 Å². The molecule has 1 aliphatic rings. The van der Waals surface area contributed by atoms with Crippen LogP contribution in [0.1, 0.15) is 32.1 Å². The number of aromatic carboxylic acids is 1. The third kappa shape index (κ3) is 2.54. The van der Waals surface area contributed by atoms with Crippen molar-refractivity contribution in [2.75, 3.05) is 26.3 Å². The highest BCUT2D eigenvalue weighted by molar-refractivity contribution is 6.00. The van der Waals surface area contributed by atoms with Crippen LogP contribution in [0.15, 0.2) is 0 Å². The number of H-pyrrole nitrogens is 1. The lowest BCUT2D eigenvalue weighted by molar-refractivity contribution is -0.0447. The largest absolute Gasteiger partial charge is 0.477 e. The van der Waals surface area contributed by atoms with Crippen LogP contribution in [-0.4, -0.2) is 64.4 Å². The van der Waals surface area contributed by atoms with Gasteiger partial charge in [0.1, 0.15) is 5.69 Å². The molecule has 0 saturated carbocycles. The van der Waals surface area contributed by atoms with Crippen molar-refractivity contribution < 1.29 is 24.5 Å². The molecular formula is C13H18N2O5. The predicted octanol–water partition coefficient (Wildman–Crippen LogP) is 0.163. The van der Waals surface area contributed by atoms with Crippen molar-refractivity contribution in [1.29, 1.82) is 0 Å². The monoisotopic (exact) mass is 282 g/mol. The van der Waals surface area contributed by atoms with Crippen molar-refractivity contribution in [2.45, 2.75) is 20.0 Å². The van der Waals surface area contributed by atoms with Crippen molar-refractivity contribution in [3.63, 3.8) is 0 Å². The Kier molecular flexibility index (Phi) is 4.10. The van der Waals surface area contributed by atoms with Crippen molar-refractivity contribution in [2.24, 2.45) is 0 Å². The number of carboxylic acid groups (broad SMARTS) is 1. The van der Waals surface area contributed by atoms with E-state index in [-0.39, 0.29) is 24.3 Å². The Hall–Kier alpha value is -1.86. The number of aliphatic hydroxyl groups excluding tert-OH is 1. The first kappa shape index (κ1) is 14.5. The molecule has 1 amide bonds. The van der Waals surface area contributed by atoms with Gasteiger partial charge in [0.2, 0.25) is 0 Å². The van der Waals surface area contributed by atoms with Crippen LogP contribution in [0.4, 0.5) is 0 Å². The summed E-state index contributed by atoms with van der Waals surface area (Å²) < 4.78 is 5.30. The number of morpholine rings is 1. The van der Waals surface area contributed by atoms with Crippen LogP contribution < -0.4 is 0 Å². The molecule has 20 heavy (non-hydrogen) atoms. The second-order valence-corrected chi connectivity index (χ2v) is 4.86. The molecule has 1 saturated heterocycles. The van der Waals surface area contributed by atoms with Gasteiger partial charge in [-0.05, 0) is 19.4 Å². The molecule has 0 spiro atoms. The van der Waals surface area contributed by atoms with Crippen LogP contribution in [0, 0.1) is 13.8 Å². The van der Waals surface area contributed by atoms with Crippen LogP contribution in [0.2, 0.25) is 0 Å². The molecule has 1 fully saturated rings. The normalized spacial score (nSPS) is 19.1. The third-order valence-corrected chi connectivity index (χ3v) is 3.49. The number of hydrogen-bond donors (Lipinski definition) is 3. The number of aliphatic hydroxyl groups is 1. The Morgan fingerprint density at radius 1 is 1.45 bits per heavy atom. The molecule has 110 valence electrons. The van der Waals surface area contributed by atoms with Gasteiger partial charge in [-0.2, -0.15) is 0 Å². The van der Waals surface area contributed by atoms with Crippen LogP contribution in [0.3, 0.4) is 0 Å². The lowest BCUT2D eigenvalue weighted by Crippen LogP contribution is -2.47. The van der Waals surface area contributed by atoms with Crippen LogP contribution in [0.5, 0.6) is 0 Å². The van der Waals surface area contributed by atoms with Crippen molar-refractivity contribution >= 4 is 11.9 Å². The molecule has 1 aromatic heterocycles. The second kappa shape index (κ2) is 5.64. The maximum atomic E-state index is 12.5. The van der Waals surface area contributed by atoms with Gasteiger partial charge >= 0.3 is 5.97 Å². The summed E-state index contributed by atoms with van der Waals surface area (Å²) >= 11 is 0. The van der Waals surface area contributed by atoms with E-state index in [9.17, 15) is 9.59 Å². The van der Waals surface area contributed by atoms with Crippen molar-refractivity contribution in [3.8, 4) is 0 Å². The van der Waals surface area contributed by atoms with Gasteiger partial charge in [-0.1, -0.05) is 0 Å². The van der Waals surface area contributed by atoms with Crippen LogP contribution in [-0.2, 0) is 4.74 Å². The Balaban J connectivity index is 2.27. The molecule has 0 radical (unpaired) electrons. The van der Waals surface area contributed by atoms with Gasteiger partial charge < -0.3 is 24.8 Å². The summed E-state index contributed by atoms with van der Waals surface area (Å²) in [4.78, 5) is 27.9. The van der Waals surface area contributed by atoms with Crippen molar-refractivity contribution in [3.05, 3.63) is 22.5 Å². The predicted molar refractivity (Wildman–Crippen MR) is 70.0 cm³/mol. The highest BCUT2D eigenvalue weighted by atomic mass is 16.5. The van der Waals surface area contributed by atoms with Crippen LogP contribution >= 0.6 is 0 Å². The van der Waals surface area contributed by atoms with Gasteiger partial charge in [0.15, 0.2) is 0 Å². The lowest BCUT2D eigenvalue weighted by atomic mass is 10.1. The minimum atomic E-state index is -1.08. The van der Waals surface area contributed by atoms with E-state index in [2.05, 4.69) is 4.98 Å². The molecule has 0 bridgehead atoms. The first-order chi connectivity index (χ1) is 9.45. The Labute approximate surface area is 116 Å². The first-order valence-corrected chi connectivity index (χ1v) is 6.40. The molecule has 0 aliphatic carbocycles. The number of rotatable bonds is 3. The average Bonchev–Trinajstić information content (AvgIpc) is 2.73. The summed E-state index contributed by atoms with van der Waals surface area (Å²) in [6.45, 7) is 4.25. The number of carbonyl (C=O) groups excluding carboxylic acids is 1. The molecule has 7 heteroatoms. The van der Waals surface area contributed by atoms with E-state index >= 15 is 0 Å². The Morgan fingerprint density at radius 3 is 2.70 bits per heavy atom. The smallest absolute Gasteiger partial charge is 0.352 e. The van der Waals surface area contributed by atoms with E-state index in [4.69, 9.17) is 14.9 Å². The summed E-state index contributed by atoms with van der Waals surface area (Å²) in [5, 5.41) is 18.2. The number of carboxylic acids is 1. The van der Waals surface area contributed by atoms with Gasteiger partial charge in [-0.15, -0.1) is 0 Å². The zero-order valence-corrected chi connectivity index (χ0v) is 11.5. The standard InChI is InChI=1S/C13H18N2O5/c1-7-10(8(2)14-11(7)13(18)19)12(17)15-3-4-20-9(5-15)6-16/h9,14,16H,3-6H2,1-2H3,(H,18,19). The van der Waals surface area contributed by atoms with E-state index in [1.807, 2.05) is 0 Å². The number of carbonyl (C=O) groups is 2. The number of aromatic amines is 1. The fraction of sp³-hybridized carbons (Fsp3) is 0.538. The van der Waals surface area contributed by atoms with Crippen molar-refractivity contribution in [1.82, 2.24) is 9.88 Å². The van der Waals surface area contributed by atoms with Gasteiger partial charge in [-0.25, -0.2) is 4.79 Å². The maximum absolute atomic E-state index is 12.5. The van der Waals surface area contributed by atoms with Gasteiger partial charge in [0.05, 0.1) is 24.9 Å². The fourth-order valence-electron chi connectivity index (χ4n) is 2.46. The summed E-state index contributed by atoms with van der Waals surface area (Å²) in [5.74, 6) is -1.31. The fourth-order valence-corrected chi connectivity index (χ4v) is 2.46. The van der Waals surface area contributed by atoms with E-state index in [0.29, 0.717) is 36.5 Å². The zero-order valence-electron chi connectivity index (χ0n) is 11.5. The molecule has 1 atom stereocenters. The minimum absolute atomic E-state index is 0.0396. The molecule has 3 N–H and O–H groups in total. The molecule has 1 aliphatic heterocycles. The van der Waals surface area contributed by atoms with Crippen LogP contribution in [0.25, 0.3) is 0 Å². The summed E-state index contributed by atoms with van der Waals surface area (Å²) in [5.41, 5.74) is 1.41. The summed E-state index contributed by atoms with van der Waals surface area (Å²) in [6.07, 6.45) is -0.383. The topological polar surface area (TPSA) is 103 Å². The second-order valence-electron chi connectivity index (χ2n) is 4.86. The number of aryl methyl sites for hydroxylation is 1. The quantitative estimate of drug-likeness (QED) is 0.733. The molecule has 2 heterocycles. The van der Waals surface area contributed by atoms with Gasteiger partial charge in [0, 0.05) is 18.8 Å². The molecular weight excluding hydrogens is 264 g/mol. The van der Waals surface area contributed by atoms with Gasteiger partial charge in [-0.3, -0.25) is 4.79 Å². The molecule has 2 rings (SSSR count). The summed E-state index contributed by atoms with van der Waals surface area (Å²) in [7, 11) is 0. The lowest BCUT2D eigenvalue weighted by Gasteiger charge is -2.32. The number of amides is 1. The number of hydrogen-bond acceptors (Lipinski definition) is 4. The SMILES string of the molecule is Cc1[nH]c(C(=O)O)c(C)c1C(=O)N1CCOC(CO)C1.